The molecule has 0 saturated carbocycles. The van der Waals surface area contributed by atoms with E-state index < -0.39 is 0 Å². The van der Waals surface area contributed by atoms with Crippen LogP contribution in [0.2, 0.25) is 5.02 Å². The van der Waals surface area contributed by atoms with Gasteiger partial charge in [0.15, 0.2) is 0 Å². The van der Waals surface area contributed by atoms with E-state index in [2.05, 4.69) is 39.2 Å². The molecule has 4 rings (SSSR count). The van der Waals surface area contributed by atoms with Crippen molar-refractivity contribution in [2.24, 2.45) is 7.05 Å². The normalized spacial score (nSPS) is 14.4. The van der Waals surface area contributed by atoms with Gasteiger partial charge in [0.1, 0.15) is 5.82 Å². The van der Waals surface area contributed by atoms with Gasteiger partial charge in [0.05, 0.1) is 16.1 Å². The van der Waals surface area contributed by atoms with Crippen LogP contribution in [0.5, 0.6) is 0 Å². The fourth-order valence-electron chi connectivity index (χ4n) is 3.79. The van der Waals surface area contributed by atoms with Crippen LogP contribution in [0, 0.1) is 0 Å². The van der Waals surface area contributed by atoms with E-state index >= 15 is 0 Å². The number of fused-ring (bicyclic) bond motifs is 1. The number of urea groups is 1. The van der Waals surface area contributed by atoms with Crippen LogP contribution in [-0.2, 0) is 13.5 Å². The highest BCUT2D eigenvalue weighted by Crippen LogP contribution is 2.24. The molecule has 0 bridgehead atoms. The monoisotopic (exact) mass is 426 g/mol. The smallest absolute Gasteiger partial charge is 0.324 e. The number of carbonyl (C=O) groups is 1. The largest absolute Gasteiger partial charge is 0.352 e. The third-order valence-corrected chi connectivity index (χ3v) is 5.88. The Morgan fingerprint density at radius 3 is 2.73 bits per heavy atom. The maximum atomic E-state index is 12.8. The third-order valence-electron chi connectivity index (χ3n) is 5.59. The molecule has 7 nitrogen and oxygen atoms in total. The number of piperazine rings is 1. The molecule has 3 heterocycles. The summed E-state index contributed by atoms with van der Waals surface area (Å²) < 4.78 is 1.95. The van der Waals surface area contributed by atoms with Crippen LogP contribution in [-0.4, -0.2) is 51.6 Å². The lowest BCUT2D eigenvalue weighted by atomic mass is 10.1. The number of hydrogen-bond donors (Lipinski definition) is 1. The number of rotatable bonds is 5. The minimum Gasteiger partial charge on any atom is -0.352 e. The molecule has 0 aliphatic carbocycles. The zero-order chi connectivity index (χ0) is 21.1. The van der Waals surface area contributed by atoms with Gasteiger partial charge in [-0.3, -0.25) is 5.32 Å². The average Bonchev–Trinajstić information content (AvgIpc) is 3.07. The van der Waals surface area contributed by atoms with Crippen LogP contribution in [0.15, 0.2) is 36.5 Å². The van der Waals surface area contributed by atoms with E-state index in [1.54, 1.807) is 11.1 Å². The van der Waals surface area contributed by atoms with Gasteiger partial charge in [0.2, 0.25) is 5.95 Å². The number of nitrogens with one attached hydrogen (secondary N) is 1. The molecule has 2 amide bonds. The van der Waals surface area contributed by atoms with Gasteiger partial charge in [-0.05, 0) is 42.7 Å². The second-order valence-electron chi connectivity index (χ2n) is 7.63. The van der Waals surface area contributed by atoms with E-state index in [-0.39, 0.29) is 6.03 Å². The van der Waals surface area contributed by atoms with Gasteiger partial charge in [0.25, 0.3) is 0 Å². The van der Waals surface area contributed by atoms with Crippen molar-refractivity contribution in [3.63, 3.8) is 0 Å². The van der Waals surface area contributed by atoms with Gasteiger partial charge in [0, 0.05) is 39.4 Å². The van der Waals surface area contributed by atoms with Crippen LogP contribution in [0.4, 0.5) is 16.6 Å². The molecule has 0 atom stereocenters. The molecular weight excluding hydrogens is 400 g/mol. The quantitative estimate of drug-likeness (QED) is 0.659. The Morgan fingerprint density at radius 1 is 1.20 bits per heavy atom. The maximum absolute atomic E-state index is 12.8. The molecule has 1 aromatic carbocycles. The molecule has 30 heavy (non-hydrogen) atoms. The Bertz CT molecular complexity index is 1040. The summed E-state index contributed by atoms with van der Waals surface area (Å²) in [5, 5.41) is 3.61. The highest BCUT2D eigenvalue weighted by atomic mass is 35.5. The lowest BCUT2D eigenvalue weighted by molar-refractivity contribution is 0.208. The number of aromatic nitrogens is 3. The molecule has 1 saturated heterocycles. The minimum absolute atomic E-state index is 0.133. The van der Waals surface area contributed by atoms with E-state index in [0.29, 0.717) is 37.1 Å². The van der Waals surface area contributed by atoms with Crippen molar-refractivity contribution in [3.8, 4) is 0 Å². The zero-order valence-electron chi connectivity index (χ0n) is 17.4. The number of unbranched alkanes of at least 4 members (excludes halogenated alkanes) is 1. The first-order valence-electron chi connectivity index (χ1n) is 10.4. The number of nitrogens with zero attached hydrogens (tertiary/aromatic N) is 5. The van der Waals surface area contributed by atoms with Gasteiger partial charge >= 0.3 is 6.03 Å². The summed E-state index contributed by atoms with van der Waals surface area (Å²) in [6, 6.07) is 9.85. The first-order valence-corrected chi connectivity index (χ1v) is 10.8. The van der Waals surface area contributed by atoms with Gasteiger partial charge in [-0.25, -0.2) is 14.8 Å². The molecule has 0 radical (unpaired) electrons. The van der Waals surface area contributed by atoms with E-state index in [1.807, 2.05) is 29.8 Å². The Balaban J connectivity index is 1.41. The van der Waals surface area contributed by atoms with Gasteiger partial charge in [-0.15, -0.1) is 0 Å². The molecule has 8 heteroatoms. The molecule has 158 valence electrons. The van der Waals surface area contributed by atoms with Gasteiger partial charge in [-0.2, -0.15) is 0 Å². The predicted octanol–water partition coefficient (Wildman–Crippen LogP) is 4.32. The third kappa shape index (κ3) is 4.21. The summed E-state index contributed by atoms with van der Waals surface area (Å²) >= 11 is 6.25. The Labute approximate surface area is 181 Å². The zero-order valence-corrected chi connectivity index (χ0v) is 18.2. The topological polar surface area (TPSA) is 66.3 Å². The minimum atomic E-state index is -0.133. The highest BCUT2D eigenvalue weighted by molar-refractivity contribution is 6.32. The fraction of sp³-hybridized carbons (Fsp3) is 0.409. The summed E-state index contributed by atoms with van der Waals surface area (Å²) in [5.41, 5.74) is 3.23. The molecule has 1 fully saturated rings. The maximum Gasteiger partial charge on any atom is 0.324 e. The molecule has 1 aliphatic rings. The number of carbonyl (C=O) groups excluding carboxylic acids is 1. The summed E-state index contributed by atoms with van der Waals surface area (Å²) in [7, 11) is 1.94. The molecular formula is C22H27ClN6O. The average molecular weight is 427 g/mol. The standard InChI is InChI=1S/C22H27ClN6O/c1-3-4-6-16-8-9-18-19(15-16)27(2)21(25-18)26-22(30)29-13-11-28(12-14-29)20-17(23)7-5-10-24-20/h5,7-10,15H,3-4,6,11-14H2,1-2H3,(H,25,26,30). The second kappa shape index (κ2) is 8.92. The highest BCUT2D eigenvalue weighted by Gasteiger charge is 2.24. The Morgan fingerprint density at radius 2 is 2.00 bits per heavy atom. The molecule has 1 N–H and O–H groups in total. The molecule has 2 aromatic heterocycles. The molecule has 0 unspecified atom stereocenters. The van der Waals surface area contributed by atoms with Crippen molar-refractivity contribution in [3.05, 3.63) is 47.1 Å². The first kappa shape index (κ1) is 20.5. The summed E-state index contributed by atoms with van der Waals surface area (Å²) in [5.74, 6) is 1.34. The van der Waals surface area contributed by atoms with Crippen LogP contribution >= 0.6 is 11.6 Å². The number of halogens is 1. The van der Waals surface area contributed by atoms with Crippen LogP contribution in [0.1, 0.15) is 25.3 Å². The SMILES string of the molecule is CCCCc1ccc2nc(NC(=O)N3CCN(c4ncccc4Cl)CC3)n(C)c2c1. The predicted molar refractivity (Wildman–Crippen MR) is 121 cm³/mol. The molecule has 0 spiro atoms. The van der Waals surface area contributed by atoms with Crippen LogP contribution in [0.25, 0.3) is 11.0 Å². The number of anilines is 2. The van der Waals surface area contributed by atoms with Crippen molar-refractivity contribution in [1.29, 1.82) is 0 Å². The van der Waals surface area contributed by atoms with Crippen LogP contribution < -0.4 is 10.2 Å². The van der Waals surface area contributed by atoms with Crippen molar-refractivity contribution in [1.82, 2.24) is 19.4 Å². The number of pyridine rings is 1. The first-order chi connectivity index (χ1) is 14.6. The summed E-state index contributed by atoms with van der Waals surface area (Å²) in [4.78, 5) is 25.7. The summed E-state index contributed by atoms with van der Waals surface area (Å²) in [6.45, 7) is 4.77. The Hall–Kier alpha value is -2.80. The molecule has 3 aromatic rings. The van der Waals surface area contributed by atoms with E-state index in [0.717, 1.165) is 23.3 Å². The Kier molecular flexibility index (Phi) is 6.08. The lowest BCUT2D eigenvalue weighted by Crippen LogP contribution is -2.50. The van der Waals surface area contributed by atoms with E-state index in [9.17, 15) is 4.79 Å². The van der Waals surface area contributed by atoms with Crippen molar-refractivity contribution < 1.29 is 4.79 Å². The van der Waals surface area contributed by atoms with Crippen molar-refractivity contribution in [2.45, 2.75) is 26.2 Å². The number of aryl methyl sites for hydroxylation is 2. The number of amides is 2. The van der Waals surface area contributed by atoms with Gasteiger partial charge in [-0.1, -0.05) is 31.0 Å². The van der Waals surface area contributed by atoms with E-state index in [4.69, 9.17) is 11.6 Å². The van der Waals surface area contributed by atoms with E-state index in [1.165, 1.54) is 18.4 Å². The van der Waals surface area contributed by atoms with Crippen molar-refractivity contribution >= 4 is 40.4 Å². The van der Waals surface area contributed by atoms with Crippen LogP contribution in [0.3, 0.4) is 0 Å². The number of imidazole rings is 1. The second-order valence-corrected chi connectivity index (χ2v) is 8.04. The molecule has 1 aliphatic heterocycles. The van der Waals surface area contributed by atoms with Gasteiger partial charge < -0.3 is 14.4 Å². The lowest BCUT2D eigenvalue weighted by Gasteiger charge is -2.35. The van der Waals surface area contributed by atoms with Crippen molar-refractivity contribution in [2.75, 3.05) is 36.4 Å². The fourth-order valence-corrected chi connectivity index (χ4v) is 4.03. The number of benzene rings is 1. The summed E-state index contributed by atoms with van der Waals surface area (Å²) in [6.07, 6.45) is 5.14. The number of hydrogen-bond acceptors (Lipinski definition) is 4.